The number of fused-ring (bicyclic) bond motifs is 4. The van der Waals surface area contributed by atoms with E-state index in [9.17, 15) is 36.3 Å². The number of halogens is 5. The number of aliphatic hydroxyl groups excluding tert-OH is 1. The first kappa shape index (κ1) is 64.1. The average Bonchev–Trinajstić information content (AvgIpc) is 1.54. The number of rotatable bonds is 19. The van der Waals surface area contributed by atoms with Crippen LogP contribution in [0.15, 0.2) is 182 Å². The molecule has 7 unspecified atom stereocenters. The zero-order valence-electron chi connectivity index (χ0n) is 47.2. The van der Waals surface area contributed by atoms with E-state index in [1.165, 1.54) is 104 Å². The van der Waals surface area contributed by atoms with Crippen molar-refractivity contribution in [3.05, 3.63) is 215 Å². The second-order valence-electron chi connectivity index (χ2n) is 22.7. The maximum Gasteiger partial charge on any atom is 0.380 e. The normalized spacial score (nSPS) is 20.5. The fourth-order valence-corrected chi connectivity index (χ4v) is 16.5. The van der Waals surface area contributed by atoms with Crippen molar-refractivity contribution in [2.75, 3.05) is 13.2 Å². The molecule has 0 radical (unpaired) electrons. The van der Waals surface area contributed by atoms with Crippen molar-refractivity contribution >= 4 is 49.2 Å². The summed E-state index contributed by atoms with van der Waals surface area (Å²) in [7, 11) is -11.0. The molecule has 6 aromatic rings. The second-order valence-corrected chi connectivity index (χ2v) is 27.6. The highest BCUT2D eigenvalue weighted by molar-refractivity contribution is 7.94. The Labute approximate surface area is 499 Å². The molecule has 0 spiro atoms. The third-order valence-electron chi connectivity index (χ3n) is 16.8. The summed E-state index contributed by atoms with van der Waals surface area (Å²) in [6.45, 7) is 5.57. The number of benzene rings is 6. The van der Waals surface area contributed by atoms with E-state index in [0.29, 0.717) is 24.7 Å². The quantitative estimate of drug-likeness (QED) is 0.0195. The molecule has 0 aromatic heterocycles. The Hall–Kier alpha value is -6.86. The largest absolute Gasteiger partial charge is 0.508 e. The van der Waals surface area contributed by atoms with Crippen LogP contribution in [0.4, 0.5) is 17.6 Å². The number of alkyl halides is 5. The molecule has 2 N–H and O–H groups in total. The molecular weight excluding hydrogens is 1160 g/mol. The van der Waals surface area contributed by atoms with Gasteiger partial charge in [0.2, 0.25) is 19.7 Å². The molecule has 0 heterocycles. The van der Waals surface area contributed by atoms with Crippen LogP contribution < -0.4 is 4.74 Å². The van der Waals surface area contributed by atoms with E-state index in [1.54, 1.807) is 72.8 Å². The van der Waals surface area contributed by atoms with Gasteiger partial charge >= 0.3 is 28.4 Å². The number of carbonyl (C=O) groups is 3. The van der Waals surface area contributed by atoms with Crippen molar-refractivity contribution in [1.82, 2.24) is 0 Å². The van der Waals surface area contributed by atoms with E-state index in [-0.39, 0.29) is 68.2 Å². The van der Waals surface area contributed by atoms with Gasteiger partial charge in [0, 0.05) is 5.57 Å². The first-order valence-electron chi connectivity index (χ1n) is 28.2. The van der Waals surface area contributed by atoms with Crippen LogP contribution in [0, 0.1) is 41.4 Å². The molecule has 85 heavy (non-hydrogen) atoms. The zero-order valence-corrected chi connectivity index (χ0v) is 49.6. The molecule has 12 nitrogen and oxygen atoms in total. The van der Waals surface area contributed by atoms with Crippen molar-refractivity contribution in [2.45, 2.75) is 97.7 Å². The zero-order chi connectivity index (χ0) is 61.5. The minimum atomic E-state index is -5.53. The predicted molar refractivity (Wildman–Crippen MR) is 315 cm³/mol. The third-order valence-corrected chi connectivity index (χ3v) is 22.1. The van der Waals surface area contributed by atoms with E-state index < -0.39 is 88.2 Å². The van der Waals surface area contributed by atoms with Crippen molar-refractivity contribution < 1.29 is 73.2 Å². The summed E-state index contributed by atoms with van der Waals surface area (Å²) in [5.74, 6) is -2.01. The van der Waals surface area contributed by atoms with Gasteiger partial charge in [-0.3, -0.25) is 9.59 Å². The van der Waals surface area contributed by atoms with Gasteiger partial charge in [-0.05, 0) is 133 Å². The van der Waals surface area contributed by atoms with E-state index in [2.05, 4.69) is 6.58 Å². The van der Waals surface area contributed by atoms with Crippen molar-refractivity contribution in [1.29, 1.82) is 0 Å². The van der Waals surface area contributed by atoms with Gasteiger partial charge in [-0.1, -0.05) is 190 Å². The Morgan fingerprint density at radius 2 is 0.847 bits per heavy atom. The van der Waals surface area contributed by atoms with Crippen LogP contribution in [-0.4, -0.2) is 74.2 Å². The monoisotopic (exact) mass is 1230 g/mol. The average molecular weight is 1230 g/mol. The lowest BCUT2D eigenvalue weighted by atomic mass is 9.84. The molecule has 7 atom stereocenters. The standard InChI is InChI=1S/C33H32F2O6S.C29H28F2O5S.C4H9ClO/c1-22(2)30(36)41-28-17-15-27(16-18-28)33(25-9-5-3-6-10-25,26-11-7-4-8-12-26)42(38,39)32(34,35)21-40-31(37)29-20-23-13-14-24(29)19-23;30-28(31,19-36-27(33)26-18-20-11-12-21(26)17-20)37(34,35)29(22-7-3-1-4-8-22,23-9-5-2-6-10-23)24-13-15-25(32)16-14-24;1-3(2)4(5)6/h3-12,15-18,23-24,29H,1,13-14,19-21H2,2H3;1-10,13-16,20-21,26,32H,11-12,17-19H2;3-4,6H,1-2H3. The number of ether oxygens (including phenoxy) is 3. The molecule has 6 aromatic carbocycles. The van der Waals surface area contributed by atoms with Crippen LogP contribution in [0.1, 0.15) is 106 Å². The van der Waals surface area contributed by atoms with Crippen LogP contribution in [0.3, 0.4) is 0 Å². The van der Waals surface area contributed by atoms with E-state index in [4.69, 9.17) is 30.9 Å². The number of carbonyl (C=O) groups excluding carboxylic acids is 3. The highest BCUT2D eigenvalue weighted by Gasteiger charge is 2.63. The molecule has 0 aliphatic heterocycles. The Morgan fingerprint density at radius 3 is 1.12 bits per heavy atom. The van der Waals surface area contributed by atoms with Gasteiger partial charge < -0.3 is 24.4 Å². The molecule has 4 saturated carbocycles. The van der Waals surface area contributed by atoms with E-state index >= 15 is 17.6 Å². The van der Waals surface area contributed by atoms with Crippen molar-refractivity contribution in [3.63, 3.8) is 0 Å². The molecule has 452 valence electrons. The van der Waals surface area contributed by atoms with Crippen LogP contribution >= 0.6 is 11.6 Å². The van der Waals surface area contributed by atoms with Crippen molar-refractivity contribution in [3.8, 4) is 11.5 Å². The maximum absolute atomic E-state index is 16.2. The predicted octanol–water partition coefficient (Wildman–Crippen LogP) is 13.3. The van der Waals surface area contributed by atoms with Gasteiger partial charge in [-0.2, -0.15) is 17.6 Å². The van der Waals surface area contributed by atoms with Gasteiger partial charge in [0.1, 0.15) is 17.1 Å². The van der Waals surface area contributed by atoms with Gasteiger partial charge in [0.05, 0.1) is 11.8 Å². The topological polar surface area (TPSA) is 188 Å². The van der Waals surface area contributed by atoms with Gasteiger partial charge in [0.15, 0.2) is 22.7 Å². The molecule has 10 rings (SSSR count). The van der Waals surface area contributed by atoms with Crippen LogP contribution in [-0.2, 0) is 53.0 Å². The Balaban J connectivity index is 0.000000203. The number of aromatic hydroxyl groups is 1. The Morgan fingerprint density at radius 1 is 0.541 bits per heavy atom. The minimum Gasteiger partial charge on any atom is -0.508 e. The summed E-state index contributed by atoms with van der Waals surface area (Å²) in [4.78, 5) is 37.6. The maximum atomic E-state index is 16.2. The Bertz CT molecular complexity index is 3420. The lowest BCUT2D eigenvalue weighted by Gasteiger charge is -2.37. The first-order chi connectivity index (χ1) is 40.3. The molecule has 4 fully saturated rings. The second kappa shape index (κ2) is 26.4. The highest BCUT2D eigenvalue weighted by atomic mass is 35.5. The number of aliphatic hydroxyl groups is 1. The number of sulfone groups is 2. The highest BCUT2D eigenvalue weighted by Crippen LogP contribution is 2.54. The summed E-state index contributed by atoms with van der Waals surface area (Å²) >= 11 is 5.17. The third kappa shape index (κ3) is 13.0. The summed E-state index contributed by atoms with van der Waals surface area (Å²) in [6.07, 6.45) is 6.71. The summed E-state index contributed by atoms with van der Waals surface area (Å²) in [5.41, 5.74) is -0.147. The van der Waals surface area contributed by atoms with Crippen LogP contribution in [0.2, 0.25) is 0 Å². The van der Waals surface area contributed by atoms with Crippen LogP contribution in [0.5, 0.6) is 11.5 Å². The van der Waals surface area contributed by atoms with E-state index in [0.717, 1.165) is 38.5 Å². The molecule has 19 heteroatoms. The summed E-state index contributed by atoms with van der Waals surface area (Å²) in [6, 6.07) is 41.6. The lowest BCUT2D eigenvalue weighted by Crippen LogP contribution is -2.50. The minimum absolute atomic E-state index is 0.00544. The molecule has 4 bridgehead atoms. The lowest BCUT2D eigenvalue weighted by molar-refractivity contribution is -0.156. The molecule has 0 amide bonds. The van der Waals surface area contributed by atoms with Gasteiger partial charge in [-0.15, -0.1) is 0 Å². The molecule has 0 saturated heterocycles. The van der Waals surface area contributed by atoms with E-state index in [1.807, 2.05) is 13.8 Å². The number of phenolic OH excluding ortho intramolecular Hbond substituents is 1. The first-order valence-corrected chi connectivity index (χ1v) is 31.6. The number of esters is 3. The molecule has 4 aliphatic rings. The summed E-state index contributed by atoms with van der Waals surface area (Å²) < 4.78 is 132. The smallest absolute Gasteiger partial charge is 0.380 e. The Kier molecular flexibility index (Phi) is 19.9. The van der Waals surface area contributed by atoms with Gasteiger partial charge in [-0.25, -0.2) is 21.6 Å². The number of hydrogen-bond acceptors (Lipinski definition) is 12. The SMILES string of the molecule is C=C(C)C(=O)Oc1ccc(C(c2ccccc2)(c2ccccc2)S(=O)(=O)C(F)(F)COC(=O)C2CC3CCC2C3)cc1.CC(C)C(O)Cl.O=C(OCC(F)(F)S(=O)(=O)C(c1ccccc1)(c1ccccc1)c1ccc(O)cc1)C1CC2CCC1C2. The van der Waals surface area contributed by atoms with Crippen molar-refractivity contribution in [2.24, 2.45) is 41.4 Å². The number of hydrogen-bond donors (Lipinski definition) is 2. The molecule has 4 aliphatic carbocycles. The van der Waals surface area contributed by atoms with Crippen LogP contribution in [0.25, 0.3) is 0 Å². The fraction of sp³-hybridized carbons (Fsp3) is 0.379. The van der Waals surface area contributed by atoms with Gasteiger partial charge in [0.25, 0.3) is 0 Å². The molecular formula is C66H69ClF4O12S2. The fourth-order valence-electron chi connectivity index (χ4n) is 12.5. The summed E-state index contributed by atoms with van der Waals surface area (Å²) in [5, 5.41) is 9.39. The number of phenols is 1.